The zero-order chi connectivity index (χ0) is 24.6. The molecule has 1 saturated heterocycles. The molecule has 3 aromatic carbocycles. The van der Waals surface area contributed by atoms with Crippen molar-refractivity contribution < 1.29 is 28.6 Å². The van der Waals surface area contributed by atoms with E-state index in [0.717, 1.165) is 5.56 Å². The smallest absolute Gasteiger partial charge is 0.300 e. The summed E-state index contributed by atoms with van der Waals surface area (Å²) in [5, 5.41) is 11.6. The predicted molar refractivity (Wildman–Crippen MR) is 127 cm³/mol. The Balaban J connectivity index is 2.03. The molecule has 0 aliphatic carbocycles. The molecule has 3 aromatic rings. The number of benzene rings is 3. The van der Waals surface area contributed by atoms with Crippen molar-refractivity contribution in [2.45, 2.75) is 13.0 Å². The van der Waals surface area contributed by atoms with E-state index in [-0.39, 0.29) is 33.3 Å². The van der Waals surface area contributed by atoms with Gasteiger partial charge in [-0.1, -0.05) is 41.9 Å². The van der Waals surface area contributed by atoms with Gasteiger partial charge in [-0.2, -0.15) is 0 Å². The normalized spacial score (nSPS) is 17.2. The fourth-order valence-corrected chi connectivity index (χ4v) is 4.33. The van der Waals surface area contributed by atoms with Gasteiger partial charge in [0.1, 0.15) is 23.1 Å². The molecule has 1 atom stereocenters. The van der Waals surface area contributed by atoms with E-state index in [1.165, 1.54) is 55.5 Å². The predicted octanol–water partition coefficient (Wildman–Crippen LogP) is 5.43. The Hall–Kier alpha value is -3.84. The summed E-state index contributed by atoms with van der Waals surface area (Å²) in [6.07, 6.45) is 0. The highest BCUT2D eigenvalue weighted by molar-refractivity contribution is 6.51. The van der Waals surface area contributed by atoms with Gasteiger partial charge in [0.05, 0.1) is 36.4 Å². The fraction of sp³-hybridized carbons (Fsp3) is 0.154. The summed E-state index contributed by atoms with van der Waals surface area (Å²) in [5.41, 5.74) is 1.54. The van der Waals surface area contributed by atoms with Crippen molar-refractivity contribution in [2.24, 2.45) is 0 Å². The minimum Gasteiger partial charge on any atom is -0.507 e. The number of Topliss-reactive ketones (excluding diaryl/α,β-unsaturated/α-hetero) is 1. The van der Waals surface area contributed by atoms with Crippen molar-refractivity contribution in [3.05, 3.63) is 93.8 Å². The minimum atomic E-state index is -1.01. The number of halogens is 2. The highest BCUT2D eigenvalue weighted by atomic mass is 35.5. The van der Waals surface area contributed by atoms with E-state index in [1.54, 1.807) is 12.1 Å². The van der Waals surface area contributed by atoms with Gasteiger partial charge in [0, 0.05) is 11.8 Å². The lowest BCUT2D eigenvalue weighted by molar-refractivity contribution is -0.132. The summed E-state index contributed by atoms with van der Waals surface area (Å²) < 4.78 is 24.7. The third-order valence-electron chi connectivity index (χ3n) is 5.74. The number of ketones is 1. The molecule has 0 radical (unpaired) electrons. The van der Waals surface area contributed by atoms with Crippen molar-refractivity contribution in [1.29, 1.82) is 0 Å². The van der Waals surface area contributed by atoms with Crippen LogP contribution < -0.4 is 14.4 Å². The van der Waals surface area contributed by atoms with Crippen LogP contribution in [0.1, 0.15) is 22.7 Å². The first kappa shape index (κ1) is 23.3. The Morgan fingerprint density at radius 1 is 1.00 bits per heavy atom. The van der Waals surface area contributed by atoms with E-state index in [2.05, 4.69) is 0 Å². The summed E-state index contributed by atoms with van der Waals surface area (Å²) in [5.74, 6) is -2.39. The summed E-state index contributed by atoms with van der Waals surface area (Å²) in [4.78, 5) is 27.7. The van der Waals surface area contributed by atoms with Crippen molar-refractivity contribution in [1.82, 2.24) is 0 Å². The molecule has 6 nitrogen and oxygen atoms in total. The molecule has 1 aliphatic rings. The number of hydrogen-bond acceptors (Lipinski definition) is 5. The first-order valence-electron chi connectivity index (χ1n) is 10.3. The number of hydrogen-bond donors (Lipinski definition) is 1. The summed E-state index contributed by atoms with van der Waals surface area (Å²) >= 11 is 6.19. The van der Waals surface area contributed by atoms with Crippen molar-refractivity contribution in [3.8, 4) is 11.5 Å². The second-order valence-electron chi connectivity index (χ2n) is 7.69. The molecule has 4 rings (SSSR count). The zero-order valence-corrected chi connectivity index (χ0v) is 19.4. The number of carbonyl (C=O) groups is 2. The maximum absolute atomic E-state index is 14.1. The van der Waals surface area contributed by atoms with Crippen LogP contribution in [0, 0.1) is 12.7 Å². The number of ether oxygens (including phenoxy) is 2. The van der Waals surface area contributed by atoms with Crippen LogP contribution in [0.25, 0.3) is 5.76 Å². The number of anilines is 1. The second-order valence-corrected chi connectivity index (χ2v) is 8.10. The Labute approximate surface area is 200 Å². The summed E-state index contributed by atoms with van der Waals surface area (Å²) in [6.45, 7) is 1.83. The summed E-state index contributed by atoms with van der Waals surface area (Å²) in [7, 11) is 2.80. The van der Waals surface area contributed by atoms with Gasteiger partial charge in [0.25, 0.3) is 11.7 Å². The summed E-state index contributed by atoms with van der Waals surface area (Å²) in [6, 6.07) is 14.4. The highest BCUT2D eigenvalue weighted by Gasteiger charge is 2.47. The van der Waals surface area contributed by atoms with Crippen LogP contribution in [0.2, 0.25) is 5.02 Å². The topological polar surface area (TPSA) is 76.1 Å². The van der Waals surface area contributed by atoms with Gasteiger partial charge in [-0.25, -0.2) is 4.39 Å². The largest absolute Gasteiger partial charge is 0.507 e. The molecule has 0 aromatic heterocycles. The number of aliphatic hydroxyl groups is 1. The molecule has 1 N–H and O–H groups in total. The Bertz CT molecular complexity index is 1340. The number of rotatable bonds is 5. The molecule has 1 heterocycles. The van der Waals surface area contributed by atoms with Crippen LogP contribution in [-0.2, 0) is 9.59 Å². The monoisotopic (exact) mass is 481 g/mol. The molecule has 0 spiro atoms. The molecule has 1 unspecified atom stereocenters. The van der Waals surface area contributed by atoms with Gasteiger partial charge in [-0.3, -0.25) is 14.5 Å². The number of aliphatic hydroxyl groups excluding tert-OH is 1. The van der Waals surface area contributed by atoms with Crippen LogP contribution in [0.15, 0.2) is 66.2 Å². The molecular formula is C26H21ClFNO5. The maximum Gasteiger partial charge on any atom is 0.300 e. The lowest BCUT2D eigenvalue weighted by Gasteiger charge is -2.26. The van der Waals surface area contributed by atoms with E-state index in [9.17, 15) is 19.1 Å². The van der Waals surface area contributed by atoms with Crippen LogP contribution in [0.5, 0.6) is 11.5 Å². The number of methoxy groups -OCH3 is 2. The van der Waals surface area contributed by atoms with Gasteiger partial charge in [0.15, 0.2) is 0 Å². The quantitative estimate of drug-likeness (QED) is 0.299. The number of aryl methyl sites for hydroxylation is 1. The van der Waals surface area contributed by atoms with Gasteiger partial charge in [-0.15, -0.1) is 0 Å². The van der Waals surface area contributed by atoms with Crippen molar-refractivity contribution >= 4 is 34.7 Å². The van der Waals surface area contributed by atoms with Crippen LogP contribution in [0.4, 0.5) is 10.1 Å². The van der Waals surface area contributed by atoms with Crippen LogP contribution >= 0.6 is 11.6 Å². The molecule has 1 amide bonds. The molecule has 1 fully saturated rings. The zero-order valence-electron chi connectivity index (χ0n) is 18.6. The van der Waals surface area contributed by atoms with E-state index < -0.39 is 29.3 Å². The Morgan fingerprint density at radius 2 is 1.71 bits per heavy atom. The highest BCUT2D eigenvalue weighted by Crippen LogP contribution is 2.45. The SMILES string of the molecule is COc1cc(/C(O)=C2\C(=O)C(=O)N(c3cccc(F)c3)C2c2ccccc2C)c(OC)cc1Cl. The Kier molecular flexibility index (Phi) is 6.30. The van der Waals surface area contributed by atoms with E-state index >= 15 is 0 Å². The third kappa shape index (κ3) is 3.88. The van der Waals surface area contributed by atoms with Crippen LogP contribution in [0.3, 0.4) is 0 Å². The average Bonchev–Trinajstić information content (AvgIpc) is 3.09. The van der Waals surface area contributed by atoms with E-state index in [4.69, 9.17) is 21.1 Å². The lowest BCUT2D eigenvalue weighted by Crippen LogP contribution is -2.29. The standard InChI is InChI=1S/C26H21ClFNO5/c1-14-7-4-5-10-17(14)23-22(24(30)18-12-21(34-3)19(27)13-20(18)33-2)25(31)26(32)29(23)16-9-6-8-15(28)11-16/h4-13,23,30H,1-3H3/b24-22+. The molecule has 0 saturated carbocycles. The molecule has 0 bridgehead atoms. The van der Waals surface area contributed by atoms with Gasteiger partial charge in [0.2, 0.25) is 0 Å². The molecule has 1 aliphatic heterocycles. The number of carbonyl (C=O) groups excluding carboxylic acids is 2. The fourth-order valence-electron chi connectivity index (χ4n) is 4.10. The first-order valence-corrected chi connectivity index (χ1v) is 10.7. The third-order valence-corrected chi connectivity index (χ3v) is 6.04. The number of amides is 1. The van der Waals surface area contributed by atoms with Crippen molar-refractivity contribution in [3.63, 3.8) is 0 Å². The first-order chi connectivity index (χ1) is 16.3. The van der Waals surface area contributed by atoms with E-state index in [1.807, 2.05) is 19.1 Å². The van der Waals surface area contributed by atoms with Gasteiger partial charge in [-0.05, 0) is 42.3 Å². The average molecular weight is 482 g/mol. The lowest BCUT2D eigenvalue weighted by atomic mass is 9.92. The maximum atomic E-state index is 14.1. The molecule has 34 heavy (non-hydrogen) atoms. The molecular weight excluding hydrogens is 461 g/mol. The van der Waals surface area contributed by atoms with Crippen molar-refractivity contribution in [2.75, 3.05) is 19.1 Å². The number of nitrogens with zero attached hydrogens (tertiary/aromatic N) is 1. The van der Waals surface area contributed by atoms with E-state index in [0.29, 0.717) is 5.56 Å². The van der Waals surface area contributed by atoms with Crippen LogP contribution in [-0.4, -0.2) is 31.0 Å². The molecule has 8 heteroatoms. The van der Waals surface area contributed by atoms with Gasteiger partial charge < -0.3 is 14.6 Å². The Morgan fingerprint density at radius 3 is 2.35 bits per heavy atom. The minimum absolute atomic E-state index is 0.125. The molecule has 174 valence electrons. The van der Waals surface area contributed by atoms with Gasteiger partial charge >= 0.3 is 0 Å². The second kappa shape index (κ2) is 9.19.